The van der Waals surface area contributed by atoms with E-state index in [1.165, 1.54) is 6.20 Å². The molecule has 0 radical (unpaired) electrons. The van der Waals surface area contributed by atoms with Crippen molar-refractivity contribution in [3.63, 3.8) is 0 Å². The maximum atomic E-state index is 5.39. The van der Waals surface area contributed by atoms with Crippen molar-refractivity contribution in [1.29, 1.82) is 0 Å². The third-order valence-corrected chi connectivity index (χ3v) is 1.15. The quantitative estimate of drug-likeness (QED) is 0.350. The Kier molecular flexibility index (Phi) is 5.34. The number of aliphatic imine (C=N–C) groups is 1. The van der Waals surface area contributed by atoms with Crippen LogP contribution < -0.4 is 0 Å². The van der Waals surface area contributed by atoms with Crippen molar-refractivity contribution in [1.82, 2.24) is 0 Å². The second-order valence-electron chi connectivity index (χ2n) is 0.930. The SMILES string of the molecule is S=C=NC=C(Cl)CCl. The molecule has 0 N–H and O–H groups in total. The summed E-state index contributed by atoms with van der Waals surface area (Å²) in [4.78, 5) is 3.43. The van der Waals surface area contributed by atoms with Gasteiger partial charge in [0.05, 0.1) is 22.3 Å². The van der Waals surface area contributed by atoms with E-state index in [0.29, 0.717) is 5.03 Å². The Morgan fingerprint density at radius 2 is 2.50 bits per heavy atom. The molecule has 0 aromatic carbocycles. The van der Waals surface area contributed by atoms with E-state index in [0.717, 1.165) is 0 Å². The van der Waals surface area contributed by atoms with Gasteiger partial charge in [-0.25, -0.2) is 4.99 Å². The van der Waals surface area contributed by atoms with E-state index >= 15 is 0 Å². The van der Waals surface area contributed by atoms with Crippen molar-refractivity contribution < 1.29 is 0 Å². The van der Waals surface area contributed by atoms with Crippen molar-refractivity contribution in [2.75, 3.05) is 5.88 Å². The lowest BCUT2D eigenvalue weighted by molar-refractivity contribution is 1.53. The van der Waals surface area contributed by atoms with Gasteiger partial charge in [-0.1, -0.05) is 11.6 Å². The molecule has 0 amide bonds. The standard InChI is InChI=1S/C4H3Cl2NS/c5-1-4(6)2-7-3-8/h2H,1H2. The Morgan fingerprint density at radius 1 is 1.88 bits per heavy atom. The molecule has 4 heteroatoms. The summed E-state index contributed by atoms with van der Waals surface area (Å²) in [6, 6.07) is 0. The van der Waals surface area contributed by atoms with Crippen LogP contribution in [-0.4, -0.2) is 11.0 Å². The molecule has 0 aliphatic rings. The van der Waals surface area contributed by atoms with E-state index in [4.69, 9.17) is 23.2 Å². The van der Waals surface area contributed by atoms with Crippen LogP contribution in [0.5, 0.6) is 0 Å². The molecule has 0 atom stereocenters. The van der Waals surface area contributed by atoms with Gasteiger partial charge in [0.1, 0.15) is 0 Å². The number of rotatable bonds is 2. The predicted octanol–water partition coefficient (Wildman–Crippen LogP) is 2.41. The fourth-order valence-corrected chi connectivity index (χ4v) is 0.301. The Labute approximate surface area is 63.0 Å². The first kappa shape index (κ1) is 8.12. The lowest BCUT2D eigenvalue weighted by Gasteiger charge is -1.79. The van der Waals surface area contributed by atoms with Crippen LogP contribution in [0.3, 0.4) is 0 Å². The van der Waals surface area contributed by atoms with Crippen LogP contribution in [0, 0.1) is 0 Å². The number of hydrogen-bond acceptors (Lipinski definition) is 2. The van der Waals surface area contributed by atoms with Gasteiger partial charge in [0.15, 0.2) is 0 Å². The Morgan fingerprint density at radius 3 is 2.88 bits per heavy atom. The van der Waals surface area contributed by atoms with Crippen molar-refractivity contribution in [2.24, 2.45) is 4.99 Å². The summed E-state index contributed by atoms with van der Waals surface area (Å²) in [6.45, 7) is 0. The van der Waals surface area contributed by atoms with E-state index in [-0.39, 0.29) is 5.88 Å². The molecule has 0 aromatic heterocycles. The van der Waals surface area contributed by atoms with Gasteiger partial charge in [0, 0.05) is 0 Å². The minimum Gasteiger partial charge on any atom is -0.201 e. The molecule has 0 rings (SSSR count). The molecule has 0 bridgehead atoms. The molecular weight excluding hydrogens is 165 g/mol. The number of hydrogen-bond donors (Lipinski definition) is 0. The van der Waals surface area contributed by atoms with Gasteiger partial charge in [-0.2, -0.15) is 0 Å². The average Bonchev–Trinajstić information content (AvgIpc) is 1.83. The summed E-state index contributed by atoms with van der Waals surface area (Å²) in [5.74, 6) is 0.266. The van der Waals surface area contributed by atoms with Crippen LogP contribution in [-0.2, 0) is 0 Å². The molecule has 8 heavy (non-hydrogen) atoms. The van der Waals surface area contributed by atoms with E-state index < -0.39 is 0 Å². The largest absolute Gasteiger partial charge is 0.201 e. The average molecular weight is 168 g/mol. The highest BCUT2D eigenvalue weighted by Crippen LogP contribution is 2.01. The lowest BCUT2D eigenvalue weighted by atomic mass is 10.7. The second-order valence-corrected chi connectivity index (χ2v) is 1.87. The smallest absolute Gasteiger partial charge is 0.0635 e. The third-order valence-electron chi connectivity index (χ3n) is 0.385. The molecule has 0 aliphatic heterocycles. The summed E-state index contributed by atoms with van der Waals surface area (Å²) in [6.07, 6.45) is 1.36. The zero-order valence-corrected chi connectivity index (χ0v) is 6.22. The molecule has 1 nitrogen and oxygen atoms in total. The molecule has 0 heterocycles. The summed E-state index contributed by atoms with van der Waals surface area (Å²) < 4.78 is 0. The zero-order chi connectivity index (χ0) is 6.41. The van der Waals surface area contributed by atoms with Crippen LogP contribution in [0.25, 0.3) is 0 Å². The number of nitrogens with zero attached hydrogens (tertiary/aromatic N) is 1. The first-order valence-corrected chi connectivity index (χ1v) is 3.11. The number of allylic oxidation sites excluding steroid dienone is 1. The molecule has 0 aliphatic carbocycles. The van der Waals surface area contributed by atoms with Crippen LogP contribution in [0.2, 0.25) is 0 Å². The van der Waals surface area contributed by atoms with E-state index in [2.05, 4.69) is 22.4 Å². The summed E-state index contributed by atoms with van der Waals surface area (Å²) in [5.41, 5.74) is 0. The lowest BCUT2D eigenvalue weighted by Crippen LogP contribution is -1.67. The Hall–Kier alpha value is 0.120. The normalized spacial score (nSPS) is 10.5. The molecule has 0 saturated heterocycles. The van der Waals surface area contributed by atoms with E-state index in [9.17, 15) is 0 Å². The van der Waals surface area contributed by atoms with E-state index in [1.807, 2.05) is 0 Å². The molecule has 0 saturated carbocycles. The number of halogens is 2. The summed E-state index contributed by atoms with van der Waals surface area (Å²) in [5, 5.41) is 2.58. The second kappa shape index (κ2) is 5.26. The maximum absolute atomic E-state index is 5.39. The molecular formula is C4H3Cl2NS. The fraction of sp³-hybridized carbons (Fsp3) is 0.250. The van der Waals surface area contributed by atoms with Gasteiger partial charge in [-0.15, -0.1) is 11.6 Å². The third kappa shape index (κ3) is 4.28. The van der Waals surface area contributed by atoms with Crippen LogP contribution >= 0.6 is 35.4 Å². The molecule has 0 spiro atoms. The predicted molar refractivity (Wildman–Crippen MR) is 39.7 cm³/mol. The molecule has 0 fully saturated rings. The van der Waals surface area contributed by atoms with Crippen LogP contribution in [0.1, 0.15) is 0 Å². The highest BCUT2D eigenvalue weighted by Gasteiger charge is 1.82. The molecule has 44 valence electrons. The topological polar surface area (TPSA) is 12.4 Å². The van der Waals surface area contributed by atoms with Crippen LogP contribution in [0.15, 0.2) is 16.2 Å². The highest BCUT2D eigenvalue weighted by molar-refractivity contribution is 7.78. The number of alkyl halides is 1. The Balaban J connectivity index is 3.74. The van der Waals surface area contributed by atoms with Gasteiger partial charge >= 0.3 is 0 Å². The van der Waals surface area contributed by atoms with Crippen molar-refractivity contribution in [3.8, 4) is 0 Å². The zero-order valence-electron chi connectivity index (χ0n) is 3.90. The fourth-order valence-electron chi connectivity index (χ4n) is 0.131. The van der Waals surface area contributed by atoms with Gasteiger partial charge in [-0.3, -0.25) is 0 Å². The van der Waals surface area contributed by atoms with E-state index in [1.54, 1.807) is 0 Å². The van der Waals surface area contributed by atoms with Gasteiger partial charge < -0.3 is 0 Å². The summed E-state index contributed by atoms with van der Waals surface area (Å²) in [7, 11) is 0. The monoisotopic (exact) mass is 167 g/mol. The maximum Gasteiger partial charge on any atom is 0.0635 e. The Bertz CT molecular complexity index is 137. The highest BCUT2D eigenvalue weighted by atomic mass is 35.5. The summed E-state index contributed by atoms with van der Waals surface area (Å²) >= 11 is 14.9. The van der Waals surface area contributed by atoms with Crippen LogP contribution in [0.4, 0.5) is 0 Å². The van der Waals surface area contributed by atoms with Gasteiger partial charge in [0.25, 0.3) is 0 Å². The minimum atomic E-state index is 0.266. The number of thiocarbonyl (C=S) groups is 1. The van der Waals surface area contributed by atoms with Crippen molar-refractivity contribution >= 4 is 40.6 Å². The minimum absolute atomic E-state index is 0.266. The van der Waals surface area contributed by atoms with Gasteiger partial charge in [-0.05, 0) is 12.2 Å². The first-order chi connectivity index (χ1) is 3.81. The number of isothiocyanates is 1. The first-order valence-electron chi connectivity index (χ1n) is 1.78. The van der Waals surface area contributed by atoms with Crippen molar-refractivity contribution in [2.45, 2.75) is 0 Å². The molecule has 0 aromatic rings. The van der Waals surface area contributed by atoms with Gasteiger partial charge in [0.2, 0.25) is 0 Å². The van der Waals surface area contributed by atoms with Crippen molar-refractivity contribution in [3.05, 3.63) is 11.2 Å². The molecule has 0 unspecified atom stereocenters.